The summed E-state index contributed by atoms with van der Waals surface area (Å²) >= 11 is 1.22. The number of rotatable bonds is 11. The fraction of sp³-hybridized carbons (Fsp3) is 0.333. The minimum atomic E-state index is -1.15. The molecule has 1 aliphatic heterocycles. The first-order valence-corrected chi connectivity index (χ1v) is 12.5. The van der Waals surface area contributed by atoms with Crippen LogP contribution in [0.15, 0.2) is 71.4 Å². The Hall–Kier alpha value is -3.79. The van der Waals surface area contributed by atoms with Gasteiger partial charge in [0.25, 0.3) is 0 Å². The van der Waals surface area contributed by atoms with Crippen LogP contribution in [-0.2, 0) is 28.6 Å². The van der Waals surface area contributed by atoms with Crippen LogP contribution in [0.4, 0.5) is 0 Å². The van der Waals surface area contributed by atoms with E-state index < -0.39 is 47.3 Å². The molecule has 0 amide bonds. The lowest BCUT2D eigenvalue weighted by Crippen LogP contribution is -2.56. The molecule has 1 aromatic carbocycles. The Morgan fingerprint density at radius 3 is 2.16 bits per heavy atom. The number of hydrogen-bond donors (Lipinski definition) is 0. The molecule has 9 nitrogen and oxygen atoms in total. The van der Waals surface area contributed by atoms with Crippen LogP contribution < -0.4 is 10.4 Å². The average molecular weight is 529 g/mol. The predicted molar refractivity (Wildman–Crippen MR) is 138 cm³/mol. The second-order valence-electron chi connectivity index (χ2n) is 8.14. The monoisotopic (exact) mass is 528 g/mol. The first-order chi connectivity index (χ1) is 17.7. The van der Waals surface area contributed by atoms with Crippen LogP contribution >= 0.6 is 11.8 Å². The molecule has 1 fully saturated rings. The van der Waals surface area contributed by atoms with E-state index in [1.807, 2.05) is 0 Å². The standard InChI is InChI=1S/C27H28O9S/c1-5-8-21(28)34-20-15-37-27(26(36-23(30)10-7-3)25(20)35-22(29)9-6-2)32-17-11-12-18-16(4)13-24(31)33-19(18)14-17/h5-7,11-14,20,25-27H,1-3,8-10,15H2,4H3/t20-,25+,26-,27+/m1/s1. The van der Waals surface area contributed by atoms with Gasteiger partial charge >= 0.3 is 23.5 Å². The Morgan fingerprint density at radius 1 is 0.946 bits per heavy atom. The van der Waals surface area contributed by atoms with Crippen molar-refractivity contribution in [3.63, 3.8) is 0 Å². The van der Waals surface area contributed by atoms with Crippen LogP contribution in [-0.4, -0.2) is 47.4 Å². The third-order valence-electron chi connectivity index (χ3n) is 5.31. The number of esters is 3. The molecule has 0 spiro atoms. The molecule has 0 aliphatic carbocycles. The third kappa shape index (κ3) is 7.36. The number of thioether (sulfide) groups is 1. The summed E-state index contributed by atoms with van der Waals surface area (Å²) in [5, 5.41) is 0.739. The topological polar surface area (TPSA) is 118 Å². The molecule has 37 heavy (non-hydrogen) atoms. The highest BCUT2D eigenvalue weighted by molar-refractivity contribution is 7.99. The molecule has 0 N–H and O–H groups in total. The van der Waals surface area contributed by atoms with Crippen LogP contribution in [0.5, 0.6) is 5.75 Å². The summed E-state index contributed by atoms with van der Waals surface area (Å²) in [6.45, 7) is 12.4. The number of carbonyl (C=O) groups excluding carboxylic acids is 3. The number of hydrogen-bond acceptors (Lipinski definition) is 10. The SMILES string of the molecule is C=CCC(=O)O[C@@H]1[C@@H](OC(=O)CC=C)[C@@H](Oc2ccc3c(C)cc(=O)oc3c2)SC[C@H]1OC(=O)CC=C. The summed E-state index contributed by atoms with van der Waals surface area (Å²) in [5.74, 6) is -1.31. The highest BCUT2D eigenvalue weighted by atomic mass is 32.2. The van der Waals surface area contributed by atoms with Gasteiger partial charge in [0.1, 0.15) is 11.3 Å². The van der Waals surface area contributed by atoms with Gasteiger partial charge in [-0.3, -0.25) is 14.4 Å². The third-order valence-corrected chi connectivity index (χ3v) is 6.52. The second kappa shape index (κ2) is 13.0. The van der Waals surface area contributed by atoms with Crippen molar-refractivity contribution < 1.29 is 37.7 Å². The molecule has 1 aromatic heterocycles. The van der Waals surface area contributed by atoms with Gasteiger partial charge in [-0.1, -0.05) is 18.2 Å². The Bertz CT molecular complexity index is 1250. The lowest BCUT2D eigenvalue weighted by atomic mass is 10.1. The maximum atomic E-state index is 12.5. The van der Waals surface area contributed by atoms with Gasteiger partial charge in [-0.15, -0.1) is 31.5 Å². The zero-order chi connectivity index (χ0) is 26.9. The Labute approximate surface area is 218 Å². The first-order valence-electron chi connectivity index (χ1n) is 11.5. The molecule has 1 aliphatic rings. The molecule has 4 atom stereocenters. The summed E-state index contributed by atoms with van der Waals surface area (Å²) in [5.41, 5.74) is -0.268. The first kappa shape index (κ1) is 27.8. The van der Waals surface area contributed by atoms with Crippen molar-refractivity contribution >= 4 is 40.6 Å². The predicted octanol–water partition coefficient (Wildman–Crippen LogP) is 4.02. The number of fused-ring (bicyclic) bond motifs is 1. The van der Waals surface area contributed by atoms with Gasteiger partial charge in [-0.05, 0) is 24.6 Å². The Morgan fingerprint density at radius 2 is 1.54 bits per heavy atom. The number of ether oxygens (including phenoxy) is 4. The number of aryl methyl sites for hydroxylation is 1. The van der Waals surface area contributed by atoms with Crippen molar-refractivity contribution in [2.75, 3.05) is 5.75 Å². The maximum absolute atomic E-state index is 12.5. The van der Waals surface area contributed by atoms with Crippen molar-refractivity contribution in [2.45, 2.75) is 49.9 Å². The number of benzene rings is 1. The summed E-state index contributed by atoms with van der Waals surface area (Å²) < 4.78 is 28.2. The van der Waals surface area contributed by atoms with Crippen LogP contribution in [0.25, 0.3) is 11.0 Å². The van der Waals surface area contributed by atoms with Crippen LogP contribution in [0.1, 0.15) is 24.8 Å². The van der Waals surface area contributed by atoms with Gasteiger partial charge in [0.05, 0.1) is 19.3 Å². The smallest absolute Gasteiger partial charge is 0.336 e. The van der Waals surface area contributed by atoms with E-state index in [0.29, 0.717) is 11.3 Å². The molecular formula is C27H28O9S. The normalized spacial score (nSPS) is 20.9. The van der Waals surface area contributed by atoms with Gasteiger partial charge in [0.2, 0.25) is 0 Å². The minimum Gasteiger partial charge on any atom is -0.476 e. The van der Waals surface area contributed by atoms with E-state index in [-0.39, 0.29) is 25.0 Å². The molecule has 3 rings (SSSR count). The molecule has 2 aromatic rings. The lowest BCUT2D eigenvalue weighted by Gasteiger charge is -2.40. The summed E-state index contributed by atoms with van der Waals surface area (Å²) in [6.07, 6.45) is 0.703. The molecule has 10 heteroatoms. The van der Waals surface area contributed by atoms with Gasteiger partial charge in [-0.2, -0.15) is 0 Å². The zero-order valence-electron chi connectivity index (χ0n) is 20.4. The van der Waals surface area contributed by atoms with Crippen LogP contribution in [0.3, 0.4) is 0 Å². The molecule has 0 bridgehead atoms. The van der Waals surface area contributed by atoms with Crippen molar-refractivity contribution in [1.82, 2.24) is 0 Å². The highest BCUT2D eigenvalue weighted by Gasteiger charge is 2.48. The van der Waals surface area contributed by atoms with Gasteiger partial charge in [0.15, 0.2) is 23.7 Å². The molecule has 1 saturated heterocycles. The number of carbonyl (C=O) groups is 3. The summed E-state index contributed by atoms with van der Waals surface area (Å²) in [7, 11) is 0. The highest BCUT2D eigenvalue weighted by Crippen LogP contribution is 2.35. The van der Waals surface area contributed by atoms with E-state index in [0.717, 1.165) is 10.9 Å². The molecule has 2 heterocycles. The van der Waals surface area contributed by atoms with Gasteiger partial charge < -0.3 is 23.4 Å². The van der Waals surface area contributed by atoms with Crippen molar-refractivity contribution in [2.24, 2.45) is 0 Å². The summed E-state index contributed by atoms with van der Waals surface area (Å²) in [4.78, 5) is 48.9. The van der Waals surface area contributed by atoms with Crippen LogP contribution in [0.2, 0.25) is 0 Å². The van der Waals surface area contributed by atoms with E-state index in [4.69, 9.17) is 23.4 Å². The zero-order valence-corrected chi connectivity index (χ0v) is 21.2. The van der Waals surface area contributed by atoms with Crippen LogP contribution in [0, 0.1) is 6.92 Å². The summed E-state index contributed by atoms with van der Waals surface area (Å²) in [6, 6.07) is 6.39. The fourth-order valence-corrected chi connectivity index (χ4v) is 4.91. The molecule has 196 valence electrons. The molecular weight excluding hydrogens is 500 g/mol. The van der Waals surface area contributed by atoms with E-state index in [1.54, 1.807) is 25.1 Å². The van der Waals surface area contributed by atoms with E-state index >= 15 is 0 Å². The van der Waals surface area contributed by atoms with E-state index in [9.17, 15) is 19.2 Å². The maximum Gasteiger partial charge on any atom is 0.336 e. The van der Waals surface area contributed by atoms with E-state index in [1.165, 1.54) is 36.1 Å². The average Bonchev–Trinajstić information content (AvgIpc) is 2.82. The lowest BCUT2D eigenvalue weighted by molar-refractivity contribution is -0.188. The van der Waals surface area contributed by atoms with Crippen molar-refractivity contribution in [1.29, 1.82) is 0 Å². The minimum absolute atomic E-state index is 0.0446. The Balaban J connectivity index is 1.95. The van der Waals surface area contributed by atoms with Crippen molar-refractivity contribution in [3.8, 4) is 5.75 Å². The quantitative estimate of drug-likeness (QED) is 0.183. The van der Waals surface area contributed by atoms with E-state index in [2.05, 4.69) is 19.7 Å². The van der Waals surface area contributed by atoms with Gasteiger partial charge in [-0.25, -0.2) is 4.79 Å². The van der Waals surface area contributed by atoms with Gasteiger partial charge in [0, 0.05) is 23.3 Å². The molecule has 0 radical (unpaired) electrons. The van der Waals surface area contributed by atoms with Crippen molar-refractivity contribution in [3.05, 3.63) is 78.2 Å². The molecule has 0 unspecified atom stereocenters. The largest absolute Gasteiger partial charge is 0.476 e. The molecule has 0 saturated carbocycles. The fourth-order valence-electron chi connectivity index (χ4n) is 3.70. The Kier molecular flexibility index (Phi) is 9.73. The second-order valence-corrected chi connectivity index (χ2v) is 9.27.